The number of aliphatic hydroxyl groups is 1. The summed E-state index contributed by atoms with van der Waals surface area (Å²) < 4.78 is 11.5. The Morgan fingerprint density at radius 2 is 2.17 bits per heavy atom. The summed E-state index contributed by atoms with van der Waals surface area (Å²) in [5.74, 6) is 1.49. The van der Waals surface area contributed by atoms with Gasteiger partial charge in [-0.1, -0.05) is 6.07 Å². The van der Waals surface area contributed by atoms with Gasteiger partial charge in [-0.3, -0.25) is 10.00 Å². The standard InChI is InChI=1S/C22H26N4O3/c27-13-19-14-28-21-6-3-15(8-22(21)29-19)11-26-7-1-2-18(12-26)24-17-4-5-20-16(9-17)10-23-25-20/h3-6,8-10,18-19,24,27H,1-2,7,11-14H2,(H,23,25). The number of hydrogen-bond donors (Lipinski definition) is 3. The Morgan fingerprint density at radius 1 is 1.21 bits per heavy atom. The van der Waals surface area contributed by atoms with E-state index in [0.29, 0.717) is 12.6 Å². The topological polar surface area (TPSA) is 82.6 Å². The lowest BCUT2D eigenvalue weighted by Gasteiger charge is -2.34. The molecule has 2 aliphatic rings. The summed E-state index contributed by atoms with van der Waals surface area (Å²) in [7, 11) is 0. The molecule has 2 unspecified atom stereocenters. The minimum absolute atomic E-state index is 0.0340. The lowest BCUT2D eigenvalue weighted by Crippen LogP contribution is -2.41. The quantitative estimate of drug-likeness (QED) is 0.617. The van der Waals surface area contributed by atoms with Crippen LogP contribution in [0, 0.1) is 0 Å². The van der Waals surface area contributed by atoms with Gasteiger partial charge >= 0.3 is 0 Å². The van der Waals surface area contributed by atoms with Crippen molar-refractivity contribution in [3.63, 3.8) is 0 Å². The van der Waals surface area contributed by atoms with Gasteiger partial charge in [-0.05, 0) is 55.3 Å². The Kier molecular flexibility index (Phi) is 4.99. The van der Waals surface area contributed by atoms with Gasteiger partial charge in [-0.2, -0.15) is 5.10 Å². The number of likely N-dealkylation sites (tertiary alicyclic amines) is 1. The van der Waals surface area contributed by atoms with Gasteiger partial charge in [0.1, 0.15) is 6.61 Å². The fourth-order valence-corrected chi connectivity index (χ4v) is 4.19. The minimum atomic E-state index is -0.283. The Bertz CT molecular complexity index is 989. The molecule has 29 heavy (non-hydrogen) atoms. The van der Waals surface area contributed by atoms with E-state index in [4.69, 9.17) is 9.47 Å². The molecule has 3 aromatic rings. The third-order valence-corrected chi connectivity index (χ3v) is 5.65. The van der Waals surface area contributed by atoms with Crippen LogP contribution in [0.25, 0.3) is 10.9 Å². The predicted octanol–water partition coefficient (Wildman–Crippen LogP) is 2.77. The number of ether oxygens (including phenoxy) is 2. The number of nitrogens with zero attached hydrogens (tertiary/aromatic N) is 2. The van der Waals surface area contributed by atoms with Crippen molar-refractivity contribution >= 4 is 16.6 Å². The van der Waals surface area contributed by atoms with Gasteiger partial charge in [-0.25, -0.2) is 0 Å². The fraction of sp³-hybridized carbons (Fsp3) is 0.409. The van der Waals surface area contributed by atoms with E-state index in [-0.39, 0.29) is 12.7 Å². The highest BCUT2D eigenvalue weighted by molar-refractivity contribution is 5.81. The number of fused-ring (bicyclic) bond motifs is 2. The predicted molar refractivity (Wildman–Crippen MR) is 111 cm³/mol. The van der Waals surface area contributed by atoms with Crippen molar-refractivity contribution in [2.45, 2.75) is 31.5 Å². The van der Waals surface area contributed by atoms with Crippen LogP contribution in [0.4, 0.5) is 5.69 Å². The van der Waals surface area contributed by atoms with Crippen LogP contribution in [0.1, 0.15) is 18.4 Å². The maximum Gasteiger partial charge on any atom is 0.162 e. The van der Waals surface area contributed by atoms with Crippen molar-refractivity contribution in [3.05, 3.63) is 48.2 Å². The molecule has 152 valence electrons. The van der Waals surface area contributed by atoms with Crippen LogP contribution in [0.15, 0.2) is 42.6 Å². The van der Waals surface area contributed by atoms with Crippen LogP contribution in [0.3, 0.4) is 0 Å². The van der Waals surface area contributed by atoms with Crippen LogP contribution >= 0.6 is 0 Å². The number of piperidine rings is 1. The van der Waals surface area contributed by atoms with E-state index in [2.05, 4.69) is 44.7 Å². The second-order valence-electron chi connectivity index (χ2n) is 7.91. The monoisotopic (exact) mass is 394 g/mol. The number of aromatic amines is 1. The number of nitrogens with one attached hydrogen (secondary N) is 2. The first-order chi connectivity index (χ1) is 14.3. The summed E-state index contributed by atoms with van der Waals surface area (Å²) in [6, 6.07) is 12.9. The lowest BCUT2D eigenvalue weighted by atomic mass is 10.0. The molecule has 7 heteroatoms. The molecule has 1 fully saturated rings. The van der Waals surface area contributed by atoms with E-state index in [9.17, 15) is 5.11 Å². The van der Waals surface area contributed by atoms with Gasteiger partial charge in [0.05, 0.1) is 18.3 Å². The first-order valence-electron chi connectivity index (χ1n) is 10.2. The average molecular weight is 394 g/mol. The molecule has 2 aliphatic heterocycles. The molecule has 5 rings (SSSR count). The molecule has 0 radical (unpaired) electrons. The fourth-order valence-electron chi connectivity index (χ4n) is 4.19. The summed E-state index contributed by atoms with van der Waals surface area (Å²) in [6.07, 6.45) is 3.91. The molecule has 0 saturated carbocycles. The maximum atomic E-state index is 9.32. The van der Waals surface area contributed by atoms with Crippen molar-refractivity contribution in [2.75, 3.05) is 31.6 Å². The minimum Gasteiger partial charge on any atom is -0.486 e. The number of aliphatic hydroxyl groups excluding tert-OH is 1. The Hall–Kier alpha value is -2.77. The Labute approximate surface area is 169 Å². The number of benzene rings is 2. The van der Waals surface area contributed by atoms with Gasteiger partial charge in [0.25, 0.3) is 0 Å². The first kappa shape index (κ1) is 18.3. The summed E-state index contributed by atoms with van der Waals surface area (Å²) in [6.45, 7) is 3.32. The van der Waals surface area contributed by atoms with Gasteiger partial charge in [-0.15, -0.1) is 0 Å². The number of anilines is 1. The highest BCUT2D eigenvalue weighted by Gasteiger charge is 2.23. The highest BCUT2D eigenvalue weighted by atomic mass is 16.6. The molecule has 3 N–H and O–H groups in total. The third-order valence-electron chi connectivity index (χ3n) is 5.65. The summed E-state index contributed by atoms with van der Waals surface area (Å²) in [4.78, 5) is 2.48. The normalized spacial score (nSPS) is 22.0. The summed E-state index contributed by atoms with van der Waals surface area (Å²) >= 11 is 0. The summed E-state index contributed by atoms with van der Waals surface area (Å²) in [5, 5.41) is 21.2. The Balaban J connectivity index is 1.23. The number of aromatic nitrogens is 2. The maximum absolute atomic E-state index is 9.32. The van der Waals surface area contributed by atoms with Crippen molar-refractivity contribution < 1.29 is 14.6 Å². The third kappa shape index (κ3) is 4.02. The van der Waals surface area contributed by atoms with Crippen LogP contribution in [0.2, 0.25) is 0 Å². The van der Waals surface area contributed by atoms with Crippen molar-refractivity contribution in [1.82, 2.24) is 15.1 Å². The molecular formula is C22H26N4O3. The van der Waals surface area contributed by atoms with Crippen molar-refractivity contribution in [1.29, 1.82) is 0 Å². The van der Waals surface area contributed by atoms with E-state index in [0.717, 1.165) is 47.7 Å². The zero-order valence-corrected chi connectivity index (χ0v) is 16.3. The zero-order valence-electron chi connectivity index (χ0n) is 16.3. The number of H-pyrrole nitrogens is 1. The molecule has 3 heterocycles. The first-order valence-corrected chi connectivity index (χ1v) is 10.2. The van der Waals surface area contributed by atoms with E-state index >= 15 is 0 Å². The Morgan fingerprint density at radius 3 is 3.10 bits per heavy atom. The second-order valence-corrected chi connectivity index (χ2v) is 7.91. The lowest BCUT2D eigenvalue weighted by molar-refractivity contribution is 0.0454. The van der Waals surface area contributed by atoms with Crippen LogP contribution in [-0.2, 0) is 6.54 Å². The molecule has 0 aliphatic carbocycles. The highest BCUT2D eigenvalue weighted by Crippen LogP contribution is 2.33. The number of rotatable bonds is 5. The average Bonchev–Trinajstić information content (AvgIpc) is 3.21. The van der Waals surface area contributed by atoms with E-state index in [1.165, 1.54) is 18.4 Å². The molecule has 0 amide bonds. The van der Waals surface area contributed by atoms with Gasteiger partial charge < -0.3 is 19.9 Å². The zero-order chi connectivity index (χ0) is 19.6. The largest absolute Gasteiger partial charge is 0.486 e. The molecular weight excluding hydrogens is 368 g/mol. The molecule has 2 atom stereocenters. The SMILES string of the molecule is OCC1COc2ccc(CN3CCCC(Nc4ccc5[nH]ncc5c4)C3)cc2O1. The van der Waals surface area contributed by atoms with E-state index < -0.39 is 0 Å². The summed E-state index contributed by atoms with van der Waals surface area (Å²) in [5.41, 5.74) is 3.40. The molecule has 0 spiro atoms. The van der Waals surface area contributed by atoms with Crippen LogP contribution in [0.5, 0.6) is 11.5 Å². The van der Waals surface area contributed by atoms with Gasteiger partial charge in [0.15, 0.2) is 17.6 Å². The van der Waals surface area contributed by atoms with Gasteiger partial charge in [0, 0.05) is 30.2 Å². The molecule has 0 bridgehead atoms. The van der Waals surface area contributed by atoms with Gasteiger partial charge in [0.2, 0.25) is 0 Å². The van der Waals surface area contributed by atoms with Crippen molar-refractivity contribution in [2.24, 2.45) is 0 Å². The van der Waals surface area contributed by atoms with E-state index in [1.807, 2.05) is 18.3 Å². The molecule has 1 aromatic heterocycles. The molecule has 7 nitrogen and oxygen atoms in total. The van der Waals surface area contributed by atoms with Crippen LogP contribution < -0.4 is 14.8 Å². The molecule has 2 aromatic carbocycles. The van der Waals surface area contributed by atoms with Crippen molar-refractivity contribution in [3.8, 4) is 11.5 Å². The molecule has 1 saturated heterocycles. The number of hydrogen-bond acceptors (Lipinski definition) is 6. The smallest absolute Gasteiger partial charge is 0.162 e. The second kappa shape index (κ2) is 7.93. The van der Waals surface area contributed by atoms with Crippen LogP contribution in [-0.4, -0.2) is 58.7 Å². The van der Waals surface area contributed by atoms with E-state index in [1.54, 1.807) is 0 Å².